The second-order valence-electron chi connectivity index (χ2n) is 6.31. The molecular weight excluding hydrogens is 344 g/mol. The maximum atomic E-state index is 9.51. The Hall–Kier alpha value is -3.12. The number of nitriles is 1. The van der Waals surface area contributed by atoms with Gasteiger partial charge in [0.2, 0.25) is 0 Å². The fraction of sp³-hybridized carbons (Fsp3) is 0.444. The van der Waals surface area contributed by atoms with Gasteiger partial charge in [0.15, 0.2) is 5.65 Å². The van der Waals surface area contributed by atoms with Gasteiger partial charge in [-0.25, -0.2) is 4.98 Å². The molecule has 0 atom stereocenters. The van der Waals surface area contributed by atoms with Gasteiger partial charge in [-0.3, -0.25) is 4.68 Å². The van der Waals surface area contributed by atoms with E-state index in [0.29, 0.717) is 48.8 Å². The molecule has 3 aromatic rings. The predicted molar refractivity (Wildman–Crippen MR) is 102 cm³/mol. The summed E-state index contributed by atoms with van der Waals surface area (Å²) in [5.41, 5.74) is 9.96. The summed E-state index contributed by atoms with van der Waals surface area (Å²) in [4.78, 5) is 4.61. The smallest absolute Gasteiger partial charge is 0.163 e. The molecule has 3 rings (SSSR count). The van der Waals surface area contributed by atoms with E-state index in [2.05, 4.69) is 26.6 Å². The first-order chi connectivity index (χ1) is 13.1. The molecule has 0 aliphatic heterocycles. The first-order valence-corrected chi connectivity index (χ1v) is 9.03. The van der Waals surface area contributed by atoms with Crippen molar-refractivity contribution in [1.29, 1.82) is 5.26 Å². The molecule has 0 amide bonds. The number of hydrogen-bond donors (Lipinski definition) is 3. The lowest BCUT2D eigenvalue weighted by Gasteiger charge is -2.10. The summed E-state index contributed by atoms with van der Waals surface area (Å²) in [7, 11) is 0. The molecule has 9 nitrogen and oxygen atoms in total. The van der Waals surface area contributed by atoms with Crippen LogP contribution in [0.3, 0.4) is 0 Å². The van der Waals surface area contributed by atoms with Crippen molar-refractivity contribution in [2.45, 2.75) is 39.7 Å². The number of nitrogens with one attached hydrogen (secondary N) is 1. The van der Waals surface area contributed by atoms with Crippen molar-refractivity contribution in [1.82, 2.24) is 24.4 Å². The second-order valence-corrected chi connectivity index (χ2v) is 6.31. The van der Waals surface area contributed by atoms with Crippen LogP contribution < -0.4 is 11.1 Å². The van der Waals surface area contributed by atoms with Crippen molar-refractivity contribution in [2.24, 2.45) is 0 Å². The standard InChI is InChI=1S/C18H24N8O/c1-3-14-12(2)23-26-16(20)15(11-19)17(22-18(14)26)21-7-5-13-6-9-25(24-13)8-4-10-27/h6,9,27H,3-5,7-8,10,20H2,1-2H3,(H,21,22). The number of nitrogen functional groups attached to an aromatic ring is 1. The number of nitrogens with zero attached hydrogens (tertiary/aromatic N) is 6. The lowest BCUT2D eigenvalue weighted by atomic mass is 10.2. The van der Waals surface area contributed by atoms with E-state index >= 15 is 0 Å². The maximum absolute atomic E-state index is 9.51. The molecule has 0 fully saturated rings. The number of aromatic nitrogens is 5. The van der Waals surface area contributed by atoms with Gasteiger partial charge in [-0.1, -0.05) is 6.92 Å². The second kappa shape index (κ2) is 8.05. The average Bonchev–Trinajstić information content (AvgIpc) is 3.24. The van der Waals surface area contributed by atoms with Gasteiger partial charge in [0, 0.05) is 37.9 Å². The lowest BCUT2D eigenvalue weighted by molar-refractivity contribution is 0.277. The monoisotopic (exact) mass is 368 g/mol. The van der Waals surface area contributed by atoms with E-state index in [4.69, 9.17) is 10.8 Å². The summed E-state index contributed by atoms with van der Waals surface area (Å²) in [6, 6.07) is 4.07. The van der Waals surface area contributed by atoms with Crippen LogP contribution >= 0.6 is 0 Å². The molecule has 0 bridgehead atoms. The summed E-state index contributed by atoms with van der Waals surface area (Å²) in [5.74, 6) is 0.762. The summed E-state index contributed by atoms with van der Waals surface area (Å²) < 4.78 is 3.36. The summed E-state index contributed by atoms with van der Waals surface area (Å²) >= 11 is 0. The summed E-state index contributed by atoms with van der Waals surface area (Å²) in [6.45, 7) is 5.37. The minimum atomic E-state index is 0.150. The molecule has 0 saturated carbocycles. The lowest BCUT2D eigenvalue weighted by Crippen LogP contribution is -2.13. The Morgan fingerprint density at radius 3 is 2.89 bits per heavy atom. The number of aliphatic hydroxyl groups excluding tert-OH is 1. The number of hydrogen-bond acceptors (Lipinski definition) is 7. The van der Waals surface area contributed by atoms with Crippen LogP contribution in [0.1, 0.15) is 35.9 Å². The number of fused-ring (bicyclic) bond motifs is 1. The third kappa shape index (κ3) is 3.71. The van der Waals surface area contributed by atoms with Crippen LogP contribution in [0.25, 0.3) is 5.65 Å². The van der Waals surface area contributed by atoms with Crippen molar-refractivity contribution < 1.29 is 5.11 Å². The molecule has 3 aromatic heterocycles. The molecule has 0 aromatic carbocycles. The van der Waals surface area contributed by atoms with Gasteiger partial charge in [0.25, 0.3) is 0 Å². The average molecular weight is 368 g/mol. The van der Waals surface area contributed by atoms with E-state index in [1.54, 1.807) is 4.52 Å². The molecule has 9 heteroatoms. The van der Waals surface area contributed by atoms with Crippen molar-refractivity contribution in [3.05, 3.63) is 34.8 Å². The van der Waals surface area contributed by atoms with Crippen LogP contribution in [0.5, 0.6) is 0 Å². The Morgan fingerprint density at radius 2 is 2.19 bits per heavy atom. The predicted octanol–water partition coefficient (Wildman–Crippen LogP) is 1.29. The maximum Gasteiger partial charge on any atom is 0.163 e. The normalized spacial score (nSPS) is 11.0. The quantitative estimate of drug-likeness (QED) is 0.546. The molecule has 0 aliphatic carbocycles. The van der Waals surface area contributed by atoms with E-state index in [9.17, 15) is 5.26 Å². The third-order valence-electron chi connectivity index (χ3n) is 4.48. The Balaban J connectivity index is 1.78. The van der Waals surface area contributed by atoms with Gasteiger partial charge in [-0.15, -0.1) is 0 Å². The number of aliphatic hydroxyl groups is 1. The van der Waals surface area contributed by atoms with E-state index in [1.165, 1.54) is 0 Å². The topological polar surface area (TPSA) is 130 Å². The Labute approximate surface area is 157 Å². The zero-order valence-electron chi connectivity index (χ0n) is 15.6. The number of nitrogens with two attached hydrogens (primary N) is 1. The van der Waals surface area contributed by atoms with Crippen molar-refractivity contribution >= 4 is 17.3 Å². The molecule has 0 radical (unpaired) electrons. The highest BCUT2D eigenvalue weighted by molar-refractivity contribution is 5.69. The van der Waals surface area contributed by atoms with Crippen LogP contribution in [-0.2, 0) is 19.4 Å². The number of rotatable bonds is 8. The molecule has 3 heterocycles. The summed E-state index contributed by atoms with van der Waals surface area (Å²) in [5, 5.41) is 30.5. The van der Waals surface area contributed by atoms with Crippen molar-refractivity contribution in [3.8, 4) is 6.07 Å². The Kier molecular flexibility index (Phi) is 5.57. The highest BCUT2D eigenvalue weighted by Crippen LogP contribution is 2.24. The number of aryl methyl sites for hydroxylation is 3. The van der Waals surface area contributed by atoms with E-state index < -0.39 is 0 Å². The largest absolute Gasteiger partial charge is 0.396 e. The zero-order chi connectivity index (χ0) is 19.4. The zero-order valence-corrected chi connectivity index (χ0v) is 15.6. The van der Waals surface area contributed by atoms with Crippen LogP contribution in [-0.4, -0.2) is 42.6 Å². The molecule has 0 saturated heterocycles. The van der Waals surface area contributed by atoms with Crippen LogP contribution in [0, 0.1) is 18.3 Å². The first-order valence-electron chi connectivity index (χ1n) is 9.03. The summed E-state index contributed by atoms with van der Waals surface area (Å²) in [6.07, 6.45) is 4.05. The fourth-order valence-corrected chi connectivity index (χ4v) is 3.07. The van der Waals surface area contributed by atoms with E-state index in [0.717, 1.165) is 23.4 Å². The minimum Gasteiger partial charge on any atom is -0.396 e. The van der Waals surface area contributed by atoms with Crippen LogP contribution in [0.4, 0.5) is 11.6 Å². The molecule has 27 heavy (non-hydrogen) atoms. The van der Waals surface area contributed by atoms with Gasteiger partial charge in [0.05, 0.1) is 11.4 Å². The Bertz CT molecular complexity index is 982. The van der Waals surface area contributed by atoms with Gasteiger partial charge in [0.1, 0.15) is 23.3 Å². The molecule has 4 N–H and O–H groups in total. The fourth-order valence-electron chi connectivity index (χ4n) is 3.07. The van der Waals surface area contributed by atoms with Crippen LogP contribution in [0.15, 0.2) is 12.3 Å². The molecule has 142 valence electrons. The molecular formula is C18H24N8O. The van der Waals surface area contributed by atoms with E-state index in [1.807, 2.05) is 30.8 Å². The first kappa shape index (κ1) is 18.7. The SMILES string of the molecule is CCc1c(C)nn2c(N)c(C#N)c(NCCc3ccn(CCCO)n3)nc12. The molecule has 0 spiro atoms. The minimum absolute atomic E-state index is 0.150. The van der Waals surface area contributed by atoms with Gasteiger partial charge in [-0.05, 0) is 25.8 Å². The van der Waals surface area contributed by atoms with Crippen molar-refractivity contribution in [3.63, 3.8) is 0 Å². The highest BCUT2D eigenvalue weighted by Gasteiger charge is 2.18. The van der Waals surface area contributed by atoms with Gasteiger partial charge >= 0.3 is 0 Å². The van der Waals surface area contributed by atoms with Gasteiger partial charge in [-0.2, -0.15) is 20.0 Å². The van der Waals surface area contributed by atoms with Gasteiger partial charge < -0.3 is 16.2 Å². The van der Waals surface area contributed by atoms with Crippen LogP contribution in [0.2, 0.25) is 0 Å². The highest BCUT2D eigenvalue weighted by atomic mass is 16.3. The molecule has 0 unspecified atom stereocenters. The number of anilines is 2. The van der Waals surface area contributed by atoms with E-state index in [-0.39, 0.29) is 6.61 Å². The Morgan fingerprint density at radius 1 is 1.37 bits per heavy atom. The third-order valence-corrected chi connectivity index (χ3v) is 4.48. The van der Waals surface area contributed by atoms with Crippen molar-refractivity contribution in [2.75, 3.05) is 24.2 Å². The molecule has 0 aliphatic rings.